The Balaban J connectivity index is 4.09. The minimum Gasteiger partial charge on any atom is -0.389 e. The van der Waals surface area contributed by atoms with Gasteiger partial charge in [0, 0.05) is 18.3 Å². The molecule has 4 nitrogen and oxygen atoms in total. The van der Waals surface area contributed by atoms with Crippen molar-refractivity contribution in [1.29, 1.82) is 0 Å². The number of sulfone groups is 1. The van der Waals surface area contributed by atoms with Gasteiger partial charge >= 0.3 is 0 Å². The van der Waals surface area contributed by atoms with Gasteiger partial charge in [-0.25, -0.2) is 8.42 Å². The molecule has 0 rings (SSSR count). The highest BCUT2D eigenvalue weighted by atomic mass is 32.2. The van der Waals surface area contributed by atoms with Gasteiger partial charge in [0.25, 0.3) is 0 Å². The van der Waals surface area contributed by atoms with E-state index in [9.17, 15) is 13.5 Å². The SMILES string of the molecule is CC(O)(CCS(C)(=O)=O)CNC(C)(C)C. The lowest BCUT2D eigenvalue weighted by Crippen LogP contribution is -2.46. The average Bonchev–Trinajstić information content (AvgIpc) is 1.96. The molecule has 92 valence electrons. The van der Waals surface area contributed by atoms with Gasteiger partial charge in [0.15, 0.2) is 0 Å². The fraction of sp³-hybridized carbons (Fsp3) is 1.00. The summed E-state index contributed by atoms with van der Waals surface area (Å²) in [5.41, 5.74) is -1.05. The van der Waals surface area contributed by atoms with Gasteiger partial charge in [-0.1, -0.05) is 0 Å². The molecular weight excluding hydrogens is 214 g/mol. The van der Waals surface area contributed by atoms with Crippen LogP contribution >= 0.6 is 0 Å². The normalized spacial score (nSPS) is 17.5. The molecule has 0 spiro atoms. The van der Waals surface area contributed by atoms with E-state index in [0.29, 0.717) is 6.54 Å². The standard InChI is InChI=1S/C10H23NO3S/c1-9(2,3)11-8-10(4,12)6-7-15(5,13)14/h11-12H,6-8H2,1-5H3. The second-order valence-electron chi connectivity index (χ2n) is 5.48. The maximum absolute atomic E-state index is 10.9. The van der Waals surface area contributed by atoms with Crippen LogP contribution in [0.15, 0.2) is 0 Å². The minimum atomic E-state index is -3.00. The molecule has 2 N–H and O–H groups in total. The summed E-state index contributed by atoms with van der Waals surface area (Å²) in [4.78, 5) is 0. The summed E-state index contributed by atoms with van der Waals surface area (Å²) in [7, 11) is -3.00. The van der Waals surface area contributed by atoms with Gasteiger partial charge in [0.1, 0.15) is 9.84 Å². The van der Waals surface area contributed by atoms with E-state index in [1.54, 1.807) is 6.92 Å². The molecule has 0 aliphatic rings. The Hall–Kier alpha value is -0.130. The summed E-state index contributed by atoms with van der Waals surface area (Å²) in [6.07, 6.45) is 1.44. The van der Waals surface area contributed by atoms with Crippen molar-refractivity contribution in [2.24, 2.45) is 0 Å². The van der Waals surface area contributed by atoms with Crippen LogP contribution in [0.4, 0.5) is 0 Å². The Labute approximate surface area is 93.0 Å². The topological polar surface area (TPSA) is 66.4 Å². The van der Waals surface area contributed by atoms with Crippen molar-refractivity contribution in [3.63, 3.8) is 0 Å². The molecule has 1 unspecified atom stereocenters. The molecule has 15 heavy (non-hydrogen) atoms. The van der Waals surface area contributed by atoms with E-state index in [-0.39, 0.29) is 17.7 Å². The van der Waals surface area contributed by atoms with E-state index in [4.69, 9.17) is 0 Å². The van der Waals surface area contributed by atoms with Crippen LogP contribution in [0.25, 0.3) is 0 Å². The van der Waals surface area contributed by atoms with E-state index in [2.05, 4.69) is 5.32 Å². The predicted octanol–water partition coefficient (Wildman–Crippen LogP) is 0.560. The third kappa shape index (κ3) is 10.2. The summed E-state index contributed by atoms with van der Waals surface area (Å²) in [6, 6.07) is 0. The van der Waals surface area contributed by atoms with Crippen LogP contribution in [0, 0.1) is 0 Å². The molecule has 0 amide bonds. The summed E-state index contributed by atoms with van der Waals surface area (Å²) in [5, 5.41) is 13.1. The second-order valence-corrected chi connectivity index (χ2v) is 7.74. The van der Waals surface area contributed by atoms with Crippen molar-refractivity contribution >= 4 is 9.84 Å². The van der Waals surface area contributed by atoms with Crippen LogP contribution in [0.5, 0.6) is 0 Å². The molecule has 0 bridgehead atoms. The molecule has 0 saturated carbocycles. The zero-order valence-corrected chi connectivity index (χ0v) is 11.1. The van der Waals surface area contributed by atoms with E-state index in [0.717, 1.165) is 0 Å². The summed E-state index contributed by atoms with van der Waals surface area (Å²) in [5.74, 6) is 0.0197. The largest absolute Gasteiger partial charge is 0.389 e. The van der Waals surface area contributed by atoms with Crippen LogP contribution < -0.4 is 5.32 Å². The van der Waals surface area contributed by atoms with Crippen molar-refractivity contribution in [2.75, 3.05) is 18.6 Å². The van der Waals surface area contributed by atoms with Crippen molar-refractivity contribution in [1.82, 2.24) is 5.32 Å². The van der Waals surface area contributed by atoms with E-state index < -0.39 is 15.4 Å². The molecular formula is C10H23NO3S. The van der Waals surface area contributed by atoms with Crippen LogP contribution in [-0.2, 0) is 9.84 Å². The van der Waals surface area contributed by atoms with Gasteiger partial charge in [0.2, 0.25) is 0 Å². The lowest BCUT2D eigenvalue weighted by molar-refractivity contribution is 0.0501. The second kappa shape index (κ2) is 4.80. The van der Waals surface area contributed by atoms with Gasteiger partial charge in [0.05, 0.1) is 11.4 Å². The van der Waals surface area contributed by atoms with Gasteiger partial charge in [-0.3, -0.25) is 0 Å². The number of hydrogen-bond donors (Lipinski definition) is 2. The Morgan fingerprint density at radius 1 is 1.20 bits per heavy atom. The van der Waals surface area contributed by atoms with Crippen LogP contribution in [-0.4, -0.2) is 43.2 Å². The molecule has 5 heteroatoms. The summed E-state index contributed by atoms with van der Waals surface area (Å²) < 4.78 is 21.9. The van der Waals surface area contributed by atoms with Crippen LogP contribution in [0.1, 0.15) is 34.1 Å². The molecule has 0 saturated heterocycles. The lowest BCUT2D eigenvalue weighted by Gasteiger charge is -2.29. The highest BCUT2D eigenvalue weighted by Crippen LogP contribution is 2.11. The molecule has 1 atom stereocenters. The summed E-state index contributed by atoms with van der Waals surface area (Å²) in [6.45, 7) is 8.04. The Morgan fingerprint density at radius 2 is 1.67 bits per heavy atom. The monoisotopic (exact) mass is 237 g/mol. The lowest BCUT2D eigenvalue weighted by atomic mass is 10.0. The Bertz CT molecular complexity index is 288. The van der Waals surface area contributed by atoms with Crippen LogP contribution in [0.3, 0.4) is 0 Å². The fourth-order valence-corrected chi connectivity index (χ4v) is 1.76. The van der Waals surface area contributed by atoms with E-state index in [1.807, 2.05) is 20.8 Å². The first-order valence-corrected chi connectivity index (χ1v) is 7.13. The highest BCUT2D eigenvalue weighted by Gasteiger charge is 2.24. The Kier molecular flexibility index (Phi) is 4.76. The van der Waals surface area contributed by atoms with Crippen molar-refractivity contribution in [3.8, 4) is 0 Å². The van der Waals surface area contributed by atoms with Gasteiger partial charge < -0.3 is 10.4 Å². The van der Waals surface area contributed by atoms with Gasteiger partial charge in [-0.15, -0.1) is 0 Å². The first kappa shape index (κ1) is 14.9. The van der Waals surface area contributed by atoms with E-state index >= 15 is 0 Å². The smallest absolute Gasteiger partial charge is 0.147 e. The van der Waals surface area contributed by atoms with Crippen molar-refractivity contribution < 1.29 is 13.5 Å². The van der Waals surface area contributed by atoms with Crippen molar-refractivity contribution in [2.45, 2.75) is 45.3 Å². The van der Waals surface area contributed by atoms with Crippen molar-refractivity contribution in [3.05, 3.63) is 0 Å². The maximum Gasteiger partial charge on any atom is 0.147 e. The predicted molar refractivity (Wildman–Crippen MR) is 62.7 cm³/mol. The fourth-order valence-electron chi connectivity index (χ4n) is 0.949. The number of β-amino-alcohol motifs (C(OH)–C–C–N with tert-alkyl or cyclic N) is 1. The molecule has 0 aromatic rings. The highest BCUT2D eigenvalue weighted by molar-refractivity contribution is 7.90. The first-order chi connectivity index (χ1) is 6.41. The number of nitrogens with one attached hydrogen (secondary N) is 1. The third-order valence-electron chi connectivity index (χ3n) is 2.01. The zero-order chi connectivity index (χ0) is 12.3. The molecule has 0 fully saturated rings. The summed E-state index contributed by atoms with van der Waals surface area (Å²) >= 11 is 0. The number of hydrogen-bond acceptors (Lipinski definition) is 4. The quantitative estimate of drug-likeness (QED) is 0.733. The van der Waals surface area contributed by atoms with Crippen LogP contribution in [0.2, 0.25) is 0 Å². The zero-order valence-electron chi connectivity index (χ0n) is 10.3. The maximum atomic E-state index is 10.9. The molecule has 0 heterocycles. The number of rotatable bonds is 5. The van der Waals surface area contributed by atoms with E-state index in [1.165, 1.54) is 6.26 Å². The molecule has 0 radical (unpaired) electrons. The molecule has 0 aromatic carbocycles. The Morgan fingerprint density at radius 3 is 2.00 bits per heavy atom. The molecule has 0 aliphatic carbocycles. The number of aliphatic hydroxyl groups is 1. The first-order valence-electron chi connectivity index (χ1n) is 5.06. The molecule has 0 aromatic heterocycles. The molecule has 0 aliphatic heterocycles. The third-order valence-corrected chi connectivity index (χ3v) is 2.96. The van der Waals surface area contributed by atoms with Gasteiger partial charge in [-0.2, -0.15) is 0 Å². The van der Waals surface area contributed by atoms with Gasteiger partial charge in [-0.05, 0) is 34.1 Å². The minimum absolute atomic E-state index is 0.0197. The average molecular weight is 237 g/mol.